The first kappa shape index (κ1) is 24.0. The van der Waals surface area contributed by atoms with Gasteiger partial charge >= 0.3 is 0 Å². The maximum absolute atomic E-state index is 13.4. The highest BCUT2D eigenvalue weighted by atomic mass is 32.2. The summed E-state index contributed by atoms with van der Waals surface area (Å²) in [6.45, 7) is 5.22. The van der Waals surface area contributed by atoms with Crippen LogP contribution in [0.5, 0.6) is 0 Å². The summed E-state index contributed by atoms with van der Waals surface area (Å²) < 4.78 is 29.7. The van der Waals surface area contributed by atoms with Gasteiger partial charge in [0, 0.05) is 31.9 Å². The standard InChI is InChI=1S/C24H40N2O5S/c1-4-23(27)26-16(2)15-25(24(28)22-6-5-13-31-22)21-14-18(9-12-20(21)26)17-7-10-19(11-8-17)32(3,29)30/h16-22H,4-15H2,1-3H3/t16-,17?,18?,19?,20?,21?,22?/m0/s1. The zero-order valence-corrected chi connectivity index (χ0v) is 20.7. The molecule has 8 heteroatoms. The van der Waals surface area contributed by atoms with Gasteiger partial charge in [0.1, 0.15) is 15.9 Å². The molecular weight excluding hydrogens is 428 g/mol. The Balaban J connectivity index is 1.51. The van der Waals surface area contributed by atoms with Crippen LogP contribution in [-0.4, -0.2) is 78.9 Å². The number of carbonyl (C=O) groups is 2. The first-order valence-corrected chi connectivity index (χ1v) is 14.6. The van der Waals surface area contributed by atoms with E-state index in [1.165, 1.54) is 6.26 Å². The molecular formula is C24H40N2O5S. The molecule has 2 saturated heterocycles. The van der Waals surface area contributed by atoms with Gasteiger partial charge in [-0.2, -0.15) is 0 Å². The Morgan fingerprint density at radius 1 is 0.969 bits per heavy atom. The SMILES string of the molecule is CCC(=O)N1C2CCC(C3CCC(S(C)(=O)=O)CC3)CC2N(C(=O)C2CCCO2)C[C@@H]1C. The van der Waals surface area contributed by atoms with Crippen LogP contribution >= 0.6 is 0 Å². The van der Waals surface area contributed by atoms with Crippen molar-refractivity contribution in [1.82, 2.24) is 9.80 Å². The lowest BCUT2D eigenvalue weighted by Gasteiger charge is -2.55. The van der Waals surface area contributed by atoms with E-state index in [4.69, 9.17) is 4.74 Å². The lowest BCUT2D eigenvalue weighted by molar-refractivity contribution is -0.161. The predicted octanol–water partition coefficient (Wildman–Crippen LogP) is 2.78. The monoisotopic (exact) mass is 468 g/mol. The van der Waals surface area contributed by atoms with Gasteiger partial charge < -0.3 is 14.5 Å². The summed E-state index contributed by atoms with van der Waals surface area (Å²) in [5.41, 5.74) is 0. The van der Waals surface area contributed by atoms with E-state index < -0.39 is 9.84 Å². The van der Waals surface area contributed by atoms with Gasteiger partial charge in [0.15, 0.2) is 0 Å². The van der Waals surface area contributed by atoms with Gasteiger partial charge in [0.05, 0.1) is 17.3 Å². The molecule has 4 unspecified atom stereocenters. The summed E-state index contributed by atoms with van der Waals surface area (Å²) in [5.74, 6) is 1.30. The van der Waals surface area contributed by atoms with Crippen LogP contribution in [0.15, 0.2) is 0 Å². The predicted molar refractivity (Wildman–Crippen MR) is 123 cm³/mol. The van der Waals surface area contributed by atoms with Crippen molar-refractivity contribution in [2.24, 2.45) is 11.8 Å². The zero-order valence-electron chi connectivity index (χ0n) is 19.9. The van der Waals surface area contributed by atoms with Crippen LogP contribution < -0.4 is 0 Å². The molecule has 0 radical (unpaired) electrons. The van der Waals surface area contributed by atoms with Crippen LogP contribution in [0.3, 0.4) is 0 Å². The Bertz CT molecular complexity index is 801. The summed E-state index contributed by atoms with van der Waals surface area (Å²) in [7, 11) is -2.97. The van der Waals surface area contributed by atoms with Crippen molar-refractivity contribution in [1.29, 1.82) is 0 Å². The van der Waals surface area contributed by atoms with Crippen LogP contribution in [0, 0.1) is 11.8 Å². The number of amides is 2. The van der Waals surface area contributed by atoms with Gasteiger partial charge in [-0.25, -0.2) is 8.42 Å². The topological polar surface area (TPSA) is 84.0 Å². The van der Waals surface area contributed by atoms with Crippen molar-refractivity contribution in [3.05, 3.63) is 0 Å². The van der Waals surface area contributed by atoms with E-state index >= 15 is 0 Å². The number of rotatable bonds is 4. The molecule has 2 amide bonds. The molecule has 0 N–H and O–H groups in total. The van der Waals surface area contributed by atoms with E-state index in [-0.39, 0.29) is 41.3 Å². The molecule has 4 rings (SSSR count). The van der Waals surface area contributed by atoms with E-state index in [0.29, 0.717) is 31.4 Å². The van der Waals surface area contributed by atoms with Gasteiger partial charge in [-0.15, -0.1) is 0 Å². The van der Waals surface area contributed by atoms with Crippen molar-refractivity contribution in [3.63, 3.8) is 0 Å². The third-order valence-electron chi connectivity index (χ3n) is 8.58. The smallest absolute Gasteiger partial charge is 0.252 e. The van der Waals surface area contributed by atoms with Crippen LogP contribution in [0.1, 0.15) is 78.1 Å². The largest absolute Gasteiger partial charge is 0.368 e. The molecule has 0 aromatic heterocycles. The number of hydrogen-bond donors (Lipinski definition) is 0. The molecule has 4 fully saturated rings. The highest BCUT2D eigenvalue weighted by molar-refractivity contribution is 7.91. The molecule has 0 aromatic rings. The maximum Gasteiger partial charge on any atom is 0.252 e. The third-order valence-corrected chi connectivity index (χ3v) is 10.3. The minimum absolute atomic E-state index is 0.0239. The molecule has 4 aliphatic rings. The van der Waals surface area contributed by atoms with E-state index in [9.17, 15) is 18.0 Å². The van der Waals surface area contributed by atoms with E-state index in [1.54, 1.807) is 0 Å². The number of carbonyl (C=O) groups excluding carboxylic acids is 2. The van der Waals surface area contributed by atoms with Crippen molar-refractivity contribution in [3.8, 4) is 0 Å². The fourth-order valence-electron chi connectivity index (χ4n) is 6.90. The zero-order chi connectivity index (χ0) is 23.0. The van der Waals surface area contributed by atoms with E-state index in [1.807, 2.05) is 6.92 Å². The number of fused-ring (bicyclic) bond motifs is 1. The van der Waals surface area contributed by atoms with Crippen molar-refractivity contribution >= 4 is 21.7 Å². The average molecular weight is 469 g/mol. The lowest BCUT2D eigenvalue weighted by atomic mass is 9.69. The summed E-state index contributed by atoms with van der Waals surface area (Å²) in [4.78, 5) is 30.4. The number of piperazine rings is 1. The maximum atomic E-state index is 13.4. The highest BCUT2D eigenvalue weighted by Gasteiger charge is 2.49. The molecule has 2 saturated carbocycles. The molecule has 0 spiro atoms. The van der Waals surface area contributed by atoms with Crippen molar-refractivity contribution in [2.75, 3.05) is 19.4 Å². The Labute approximate surface area is 193 Å². The van der Waals surface area contributed by atoms with E-state index in [2.05, 4.69) is 16.7 Å². The van der Waals surface area contributed by atoms with Crippen LogP contribution in [0.25, 0.3) is 0 Å². The molecule has 2 aliphatic heterocycles. The summed E-state index contributed by atoms with van der Waals surface area (Å²) in [5, 5.41) is -0.194. The molecule has 7 nitrogen and oxygen atoms in total. The summed E-state index contributed by atoms with van der Waals surface area (Å²) in [6.07, 6.45) is 9.55. The van der Waals surface area contributed by atoms with Crippen LogP contribution in [0.2, 0.25) is 0 Å². The summed E-state index contributed by atoms with van der Waals surface area (Å²) >= 11 is 0. The number of hydrogen-bond acceptors (Lipinski definition) is 5. The summed E-state index contributed by atoms with van der Waals surface area (Å²) in [6, 6.07) is 0.153. The highest BCUT2D eigenvalue weighted by Crippen LogP contribution is 2.44. The minimum Gasteiger partial charge on any atom is -0.368 e. The number of nitrogens with zero attached hydrogens (tertiary/aromatic N) is 2. The van der Waals surface area contributed by atoms with Crippen molar-refractivity contribution < 1.29 is 22.7 Å². The second-order valence-corrected chi connectivity index (χ2v) is 12.9. The first-order valence-electron chi connectivity index (χ1n) is 12.6. The molecule has 5 atom stereocenters. The lowest BCUT2D eigenvalue weighted by Crippen LogP contribution is -2.68. The molecule has 0 aromatic carbocycles. The van der Waals surface area contributed by atoms with E-state index in [0.717, 1.165) is 57.8 Å². The Morgan fingerprint density at radius 3 is 2.25 bits per heavy atom. The first-order chi connectivity index (χ1) is 15.2. The van der Waals surface area contributed by atoms with Gasteiger partial charge in [-0.05, 0) is 76.5 Å². The van der Waals surface area contributed by atoms with Crippen LogP contribution in [-0.2, 0) is 24.2 Å². The molecule has 2 aliphatic carbocycles. The molecule has 182 valence electrons. The minimum atomic E-state index is -2.97. The second-order valence-electron chi connectivity index (χ2n) is 10.6. The van der Waals surface area contributed by atoms with Gasteiger partial charge in [0.25, 0.3) is 5.91 Å². The normalized spacial score (nSPS) is 38.4. The van der Waals surface area contributed by atoms with Gasteiger partial charge in [-0.1, -0.05) is 6.92 Å². The fourth-order valence-corrected chi connectivity index (χ4v) is 8.03. The second kappa shape index (κ2) is 9.61. The third kappa shape index (κ3) is 4.72. The van der Waals surface area contributed by atoms with Crippen LogP contribution in [0.4, 0.5) is 0 Å². The Morgan fingerprint density at radius 2 is 1.66 bits per heavy atom. The van der Waals surface area contributed by atoms with Gasteiger partial charge in [-0.3, -0.25) is 9.59 Å². The van der Waals surface area contributed by atoms with Crippen molar-refractivity contribution in [2.45, 2.75) is 108 Å². The quantitative estimate of drug-likeness (QED) is 0.633. The molecule has 2 heterocycles. The average Bonchev–Trinajstić information content (AvgIpc) is 3.32. The Kier molecular flexibility index (Phi) is 7.20. The fraction of sp³-hybridized carbons (Fsp3) is 0.917. The molecule has 32 heavy (non-hydrogen) atoms. The molecule has 0 bridgehead atoms. The number of ether oxygens (including phenoxy) is 1. The Hall–Kier alpha value is -1.15. The number of sulfone groups is 1. The van der Waals surface area contributed by atoms with Gasteiger partial charge in [0.2, 0.25) is 5.91 Å².